The van der Waals surface area contributed by atoms with Crippen LogP contribution in [0.2, 0.25) is 15.1 Å². The predicted molar refractivity (Wildman–Crippen MR) is 88.3 cm³/mol. The highest BCUT2D eigenvalue weighted by Gasteiger charge is 2.09. The number of hydrogen-bond acceptors (Lipinski definition) is 1. The molecule has 0 aliphatic heterocycles. The van der Waals surface area contributed by atoms with Crippen LogP contribution >= 0.6 is 34.8 Å². The Bertz CT molecular complexity index is 781. The van der Waals surface area contributed by atoms with Crippen LogP contribution in [0.25, 0.3) is 11.3 Å². The fourth-order valence-corrected chi connectivity index (χ4v) is 2.83. The molecule has 0 radical (unpaired) electrons. The van der Waals surface area contributed by atoms with Crippen LogP contribution in [-0.4, -0.2) is 9.97 Å². The van der Waals surface area contributed by atoms with E-state index in [2.05, 4.69) is 9.97 Å². The molecule has 0 fully saturated rings. The van der Waals surface area contributed by atoms with Crippen molar-refractivity contribution in [1.82, 2.24) is 9.97 Å². The summed E-state index contributed by atoms with van der Waals surface area (Å²) in [5.74, 6) is 0.837. The second-order valence-corrected chi connectivity index (χ2v) is 5.89. The van der Waals surface area contributed by atoms with Gasteiger partial charge in [-0.3, -0.25) is 0 Å². The zero-order chi connectivity index (χ0) is 14.8. The van der Waals surface area contributed by atoms with Crippen LogP contribution in [0.4, 0.5) is 0 Å². The van der Waals surface area contributed by atoms with E-state index in [-0.39, 0.29) is 0 Å². The Morgan fingerprint density at radius 3 is 2.52 bits per heavy atom. The molecule has 0 saturated heterocycles. The molecule has 0 atom stereocenters. The number of aromatic nitrogens is 2. The van der Waals surface area contributed by atoms with Gasteiger partial charge in [-0.25, -0.2) is 4.98 Å². The number of H-pyrrole nitrogens is 1. The Kier molecular flexibility index (Phi) is 4.20. The third-order valence-electron chi connectivity index (χ3n) is 3.17. The molecule has 1 heterocycles. The summed E-state index contributed by atoms with van der Waals surface area (Å²) in [5, 5.41) is 1.94. The maximum atomic E-state index is 6.21. The minimum atomic E-state index is 0.593. The van der Waals surface area contributed by atoms with Gasteiger partial charge in [0.1, 0.15) is 5.82 Å². The number of benzene rings is 2. The van der Waals surface area contributed by atoms with E-state index in [0.717, 1.165) is 27.7 Å². The zero-order valence-electron chi connectivity index (χ0n) is 10.9. The lowest BCUT2D eigenvalue weighted by atomic mass is 10.1. The Hall–Kier alpha value is -1.48. The first-order chi connectivity index (χ1) is 10.1. The minimum absolute atomic E-state index is 0.593. The number of rotatable bonds is 3. The Labute approximate surface area is 137 Å². The first-order valence-electron chi connectivity index (χ1n) is 6.36. The van der Waals surface area contributed by atoms with Gasteiger partial charge in [-0.15, -0.1) is 0 Å². The van der Waals surface area contributed by atoms with E-state index in [1.807, 2.05) is 30.3 Å². The lowest BCUT2D eigenvalue weighted by Crippen LogP contribution is -1.91. The number of nitrogens with one attached hydrogen (secondary N) is 1. The third-order valence-corrected chi connectivity index (χ3v) is 4.08. The lowest BCUT2D eigenvalue weighted by Gasteiger charge is -2.03. The minimum Gasteiger partial charge on any atom is -0.342 e. The van der Waals surface area contributed by atoms with Crippen LogP contribution in [0.15, 0.2) is 48.7 Å². The molecule has 0 amide bonds. The smallest absolute Gasteiger partial charge is 0.110 e. The largest absolute Gasteiger partial charge is 0.342 e. The number of halogens is 3. The molecule has 0 aliphatic carbocycles. The Morgan fingerprint density at radius 2 is 1.76 bits per heavy atom. The van der Waals surface area contributed by atoms with Crippen LogP contribution < -0.4 is 0 Å². The van der Waals surface area contributed by atoms with Crippen molar-refractivity contribution in [3.8, 4) is 11.3 Å². The first kappa shape index (κ1) is 14.5. The van der Waals surface area contributed by atoms with E-state index in [0.29, 0.717) is 16.5 Å². The van der Waals surface area contributed by atoms with Crippen LogP contribution in [0.1, 0.15) is 11.4 Å². The topological polar surface area (TPSA) is 28.7 Å². The number of imidazole rings is 1. The molecular weight excluding hydrogens is 327 g/mol. The summed E-state index contributed by atoms with van der Waals surface area (Å²) in [6.07, 6.45) is 2.41. The molecule has 106 valence electrons. The highest BCUT2D eigenvalue weighted by Crippen LogP contribution is 2.29. The van der Waals surface area contributed by atoms with E-state index in [9.17, 15) is 0 Å². The molecule has 0 saturated carbocycles. The maximum absolute atomic E-state index is 6.21. The van der Waals surface area contributed by atoms with Gasteiger partial charge >= 0.3 is 0 Å². The molecule has 2 aromatic carbocycles. The summed E-state index contributed by atoms with van der Waals surface area (Å²) in [6.45, 7) is 0. The standard InChI is InChI=1S/C16H11Cl3N2/c17-11-5-6-12(14(19)8-11)15-9-20-16(21-15)7-10-3-1-2-4-13(10)18/h1-6,8-9H,7H2,(H,20,21). The van der Waals surface area contributed by atoms with Gasteiger partial charge in [0.15, 0.2) is 0 Å². The van der Waals surface area contributed by atoms with Gasteiger partial charge in [0.05, 0.1) is 16.9 Å². The van der Waals surface area contributed by atoms with Crippen molar-refractivity contribution in [3.63, 3.8) is 0 Å². The monoisotopic (exact) mass is 336 g/mol. The quantitative estimate of drug-likeness (QED) is 0.659. The van der Waals surface area contributed by atoms with Gasteiger partial charge in [0, 0.05) is 22.0 Å². The van der Waals surface area contributed by atoms with Gasteiger partial charge in [-0.05, 0) is 29.8 Å². The average molecular weight is 338 g/mol. The van der Waals surface area contributed by atoms with Crippen molar-refractivity contribution in [2.24, 2.45) is 0 Å². The lowest BCUT2D eigenvalue weighted by molar-refractivity contribution is 1.03. The van der Waals surface area contributed by atoms with E-state index < -0.39 is 0 Å². The van der Waals surface area contributed by atoms with Gasteiger partial charge in [-0.2, -0.15) is 0 Å². The second-order valence-electron chi connectivity index (χ2n) is 4.64. The van der Waals surface area contributed by atoms with Crippen LogP contribution in [0.5, 0.6) is 0 Å². The number of hydrogen-bond donors (Lipinski definition) is 1. The summed E-state index contributed by atoms with van der Waals surface area (Å²) >= 11 is 18.3. The van der Waals surface area contributed by atoms with Crippen LogP contribution in [0.3, 0.4) is 0 Å². The van der Waals surface area contributed by atoms with E-state index in [1.165, 1.54) is 0 Å². The molecule has 2 nitrogen and oxygen atoms in total. The molecule has 3 rings (SSSR count). The molecule has 5 heteroatoms. The molecule has 21 heavy (non-hydrogen) atoms. The van der Waals surface area contributed by atoms with Gasteiger partial charge < -0.3 is 4.98 Å². The van der Waals surface area contributed by atoms with E-state index in [1.54, 1.807) is 18.3 Å². The van der Waals surface area contributed by atoms with E-state index in [4.69, 9.17) is 34.8 Å². The molecule has 0 bridgehead atoms. The van der Waals surface area contributed by atoms with Crippen LogP contribution in [-0.2, 0) is 6.42 Å². The first-order valence-corrected chi connectivity index (χ1v) is 7.49. The molecule has 0 aliphatic rings. The molecule has 0 spiro atoms. The maximum Gasteiger partial charge on any atom is 0.110 e. The number of aromatic amines is 1. The fourth-order valence-electron chi connectivity index (χ4n) is 2.12. The van der Waals surface area contributed by atoms with Gasteiger partial charge in [0.25, 0.3) is 0 Å². The fraction of sp³-hybridized carbons (Fsp3) is 0.0625. The second kappa shape index (κ2) is 6.10. The number of nitrogens with zero attached hydrogens (tertiary/aromatic N) is 1. The highest BCUT2D eigenvalue weighted by molar-refractivity contribution is 6.36. The summed E-state index contributed by atoms with van der Waals surface area (Å²) in [7, 11) is 0. The molecule has 3 aromatic rings. The van der Waals surface area contributed by atoms with Gasteiger partial charge in [0.2, 0.25) is 0 Å². The van der Waals surface area contributed by atoms with Crippen LogP contribution in [0, 0.1) is 0 Å². The Morgan fingerprint density at radius 1 is 0.952 bits per heavy atom. The van der Waals surface area contributed by atoms with E-state index >= 15 is 0 Å². The van der Waals surface area contributed by atoms with Crippen molar-refractivity contribution >= 4 is 34.8 Å². The Balaban J connectivity index is 1.88. The van der Waals surface area contributed by atoms with Crippen molar-refractivity contribution < 1.29 is 0 Å². The highest BCUT2D eigenvalue weighted by atomic mass is 35.5. The van der Waals surface area contributed by atoms with Crippen molar-refractivity contribution in [2.75, 3.05) is 0 Å². The zero-order valence-corrected chi connectivity index (χ0v) is 13.2. The predicted octanol–water partition coefficient (Wildman–Crippen LogP) is 5.63. The molecule has 1 aromatic heterocycles. The van der Waals surface area contributed by atoms with Crippen molar-refractivity contribution in [2.45, 2.75) is 6.42 Å². The molecule has 0 unspecified atom stereocenters. The summed E-state index contributed by atoms with van der Waals surface area (Å²) < 4.78 is 0. The summed E-state index contributed by atoms with van der Waals surface area (Å²) in [6, 6.07) is 13.1. The molecule has 1 N–H and O–H groups in total. The van der Waals surface area contributed by atoms with Crippen molar-refractivity contribution in [1.29, 1.82) is 0 Å². The van der Waals surface area contributed by atoms with Crippen molar-refractivity contribution in [3.05, 3.63) is 75.1 Å². The summed E-state index contributed by atoms with van der Waals surface area (Å²) in [4.78, 5) is 7.65. The summed E-state index contributed by atoms with van der Waals surface area (Å²) in [5.41, 5.74) is 2.76. The normalized spacial score (nSPS) is 10.8. The molecular formula is C16H11Cl3N2. The SMILES string of the molecule is Clc1ccc(-c2cnc(Cc3ccccc3Cl)[nH]2)c(Cl)c1. The van der Waals surface area contributed by atoms with Gasteiger partial charge in [-0.1, -0.05) is 53.0 Å². The average Bonchev–Trinajstić information content (AvgIpc) is 2.90. The third kappa shape index (κ3) is 3.24.